The first-order chi connectivity index (χ1) is 9.16. The highest BCUT2D eigenvalue weighted by molar-refractivity contribution is 7.13. The van der Waals surface area contributed by atoms with Gasteiger partial charge < -0.3 is 15.0 Å². The molecule has 0 saturated carbocycles. The third-order valence-electron chi connectivity index (χ3n) is 2.80. The van der Waals surface area contributed by atoms with E-state index in [9.17, 15) is 9.59 Å². The Labute approximate surface area is 115 Å². The summed E-state index contributed by atoms with van der Waals surface area (Å²) in [6.45, 7) is 4.70. The largest absolute Gasteiger partial charge is 0.378 e. The lowest BCUT2D eigenvalue weighted by Gasteiger charge is -2.26. The van der Waals surface area contributed by atoms with Gasteiger partial charge in [-0.05, 0) is 6.92 Å². The second-order valence-electron chi connectivity index (χ2n) is 4.28. The van der Waals surface area contributed by atoms with Crippen molar-refractivity contribution in [1.29, 1.82) is 0 Å². The molecule has 0 radical (unpaired) electrons. The summed E-state index contributed by atoms with van der Waals surface area (Å²) in [7, 11) is 0. The van der Waals surface area contributed by atoms with Gasteiger partial charge in [-0.25, -0.2) is 4.98 Å². The first-order valence-electron chi connectivity index (χ1n) is 6.23. The number of carbonyl (C=O) groups excluding carboxylic acids is 2. The van der Waals surface area contributed by atoms with Crippen molar-refractivity contribution in [1.82, 2.24) is 15.2 Å². The first kappa shape index (κ1) is 14.0. The van der Waals surface area contributed by atoms with Crippen molar-refractivity contribution < 1.29 is 14.3 Å². The van der Waals surface area contributed by atoms with Gasteiger partial charge in [0.15, 0.2) is 5.01 Å². The Morgan fingerprint density at radius 2 is 2.21 bits per heavy atom. The Bertz CT molecular complexity index is 455. The van der Waals surface area contributed by atoms with Crippen LogP contribution in [0.25, 0.3) is 0 Å². The molecule has 2 heterocycles. The van der Waals surface area contributed by atoms with E-state index in [4.69, 9.17) is 4.74 Å². The third kappa shape index (κ3) is 4.00. The Morgan fingerprint density at radius 1 is 1.47 bits per heavy atom. The lowest BCUT2D eigenvalue weighted by molar-refractivity contribution is -0.135. The van der Waals surface area contributed by atoms with Gasteiger partial charge in [-0.3, -0.25) is 9.59 Å². The van der Waals surface area contributed by atoms with Crippen molar-refractivity contribution in [3.05, 3.63) is 16.1 Å². The van der Waals surface area contributed by atoms with Crippen molar-refractivity contribution in [2.75, 3.05) is 32.8 Å². The summed E-state index contributed by atoms with van der Waals surface area (Å²) in [5, 5.41) is 3.15. The minimum Gasteiger partial charge on any atom is -0.378 e. The summed E-state index contributed by atoms with van der Waals surface area (Å²) in [5.41, 5.74) is 0. The number of aryl methyl sites for hydroxylation is 1. The summed E-state index contributed by atoms with van der Waals surface area (Å²) in [5.74, 6) is -0.160. The molecule has 2 rings (SSSR count). The van der Waals surface area contributed by atoms with Crippen LogP contribution >= 0.6 is 11.3 Å². The lowest BCUT2D eigenvalue weighted by atomic mass is 10.3. The first-order valence-corrected chi connectivity index (χ1v) is 7.04. The molecule has 1 aliphatic rings. The Balaban J connectivity index is 1.71. The second-order valence-corrected chi connectivity index (χ2v) is 5.51. The number of thiazole rings is 1. The summed E-state index contributed by atoms with van der Waals surface area (Å²) < 4.78 is 5.18. The molecular weight excluding hydrogens is 266 g/mol. The molecule has 1 fully saturated rings. The van der Waals surface area contributed by atoms with E-state index < -0.39 is 0 Å². The van der Waals surface area contributed by atoms with Gasteiger partial charge in [-0.1, -0.05) is 0 Å². The maximum absolute atomic E-state index is 11.8. The van der Waals surface area contributed by atoms with Crippen LogP contribution in [-0.4, -0.2) is 54.5 Å². The van der Waals surface area contributed by atoms with Gasteiger partial charge in [0.25, 0.3) is 5.91 Å². The Hall–Kier alpha value is -1.47. The van der Waals surface area contributed by atoms with Crippen LogP contribution < -0.4 is 5.32 Å². The number of hydrogen-bond acceptors (Lipinski definition) is 5. The van der Waals surface area contributed by atoms with E-state index in [2.05, 4.69) is 10.3 Å². The maximum atomic E-state index is 11.8. The van der Waals surface area contributed by atoms with Crippen LogP contribution in [-0.2, 0) is 9.53 Å². The highest BCUT2D eigenvalue weighted by atomic mass is 32.1. The van der Waals surface area contributed by atoms with Crippen LogP contribution in [0.4, 0.5) is 0 Å². The van der Waals surface area contributed by atoms with Crippen molar-refractivity contribution in [3.8, 4) is 0 Å². The van der Waals surface area contributed by atoms with Gasteiger partial charge in [0, 0.05) is 37.1 Å². The molecule has 7 heteroatoms. The number of amides is 2. The normalized spacial score (nSPS) is 15.3. The molecular formula is C12H17N3O3S. The average molecular weight is 283 g/mol. The quantitative estimate of drug-likeness (QED) is 0.870. The Kier molecular flexibility index (Phi) is 4.86. The van der Waals surface area contributed by atoms with Crippen LogP contribution in [0.3, 0.4) is 0 Å². The SMILES string of the molecule is Cc1cnc(C(=O)NCCC(=O)N2CCOCC2)s1. The molecule has 0 unspecified atom stereocenters. The van der Waals surface area contributed by atoms with Gasteiger partial charge in [-0.15, -0.1) is 11.3 Å². The summed E-state index contributed by atoms with van der Waals surface area (Å²) in [6.07, 6.45) is 1.98. The standard InChI is InChI=1S/C12H17N3O3S/c1-9-8-14-12(19-9)11(17)13-3-2-10(16)15-4-6-18-7-5-15/h8H,2-7H2,1H3,(H,13,17). The number of nitrogens with one attached hydrogen (secondary N) is 1. The fourth-order valence-electron chi connectivity index (χ4n) is 1.79. The topological polar surface area (TPSA) is 71.5 Å². The van der Waals surface area contributed by atoms with Crippen LogP contribution in [0, 0.1) is 6.92 Å². The molecule has 104 valence electrons. The third-order valence-corrected chi connectivity index (χ3v) is 3.72. The second kappa shape index (κ2) is 6.63. The predicted octanol–water partition coefficient (Wildman–Crippen LogP) is 0.430. The van der Waals surface area contributed by atoms with Crippen molar-refractivity contribution in [2.24, 2.45) is 0 Å². The van der Waals surface area contributed by atoms with Crippen LogP contribution in [0.2, 0.25) is 0 Å². The summed E-state index contributed by atoms with van der Waals surface area (Å²) >= 11 is 1.35. The molecule has 1 aromatic heterocycles. The number of carbonyl (C=O) groups is 2. The molecule has 0 spiro atoms. The van der Waals surface area contributed by atoms with Crippen LogP contribution in [0.15, 0.2) is 6.20 Å². The number of hydrogen-bond donors (Lipinski definition) is 1. The van der Waals surface area contributed by atoms with E-state index >= 15 is 0 Å². The van der Waals surface area contributed by atoms with E-state index in [1.165, 1.54) is 11.3 Å². The van der Waals surface area contributed by atoms with Gasteiger partial charge in [-0.2, -0.15) is 0 Å². The predicted molar refractivity (Wildman–Crippen MR) is 71.2 cm³/mol. The molecule has 1 saturated heterocycles. The minimum absolute atomic E-state index is 0.0546. The summed E-state index contributed by atoms with van der Waals surface area (Å²) in [4.78, 5) is 30.3. The number of rotatable bonds is 4. The molecule has 0 bridgehead atoms. The van der Waals surface area contributed by atoms with Gasteiger partial charge >= 0.3 is 0 Å². The van der Waals surface area contributed by atoms with Gasteiger partial charge in [0.1, 0.15) is 0 Å². The highest BCUT2D eigenvalue weighted by Gasteiger charge is 2.17. The molecule has 0 aromatic carbocycles. The Morgan fingerprint density at radius 3 is 2.84 bits per heavy atom. The van der Waals surface area contributed by atoms with Crippen molar-refractivity contribution in [2.45, 2.75) is 13.3 Å². The zero-order valence-corrected chi connectivity index (χ0v) is 11.7. The fourth-order valence-corrected chi connectivity index (χ4v) is 2.47. The average Bonchev–Trinajstić information content (AvgIpc) is 2.86. The molecule has 2 amide bonds. The van der Waals surface area contributed by atoms with E-state index in [0.717, 1.165) is 4.88 Å². The molecule has 0 atom stereocenters. The highest BCUT2D eigenvalue weighted by Crippen LogP contribution is 2.10. The van der Waals surface area contributed by atoms with E-state index in [1.54, 1.807) is 11.1 Å². The molecule has 6 nitrogen and oxygen atoms in total. The lowest BCUT2D eigenvalue weighted by Crippen LogP contribution is -2.42. The summed E-state index contributed by atoms with van der Waals surface area (Å²) in [6, 6.07) is 0. The zero-order valence-electron chi connectivity index (χ0n) is 10.8. The minimum atomic E-state index is -0.215. The van der Waals surface area contributed by atoms with Crippen molar-refractivity contribution in [3.63, 3.8) is 0 Å². The van der Waals surface area contributed by atoms with E-state index in [1.807, 2.05) is 6.92 Å². The number of aromatic nitrogens is 1. The molecule has 1 N–H and O–H groups in total. The smallest absolute Gasteiger partial charge is 0.280 e. The van der Waals surface area contributed by atoms with Crippen molar-refractivity contribution >= 4 is 23.2 Å². The zero-order chi connectivity index (χ0) is 13.7. The molecule has 0 aliphatic carbocycles. The van der Waals surface area contributed by atoms with Crippen LogP contribution in [0.1, 0.15) is 21.1 Å². The number of ether oxygens (including phenoxy) is 1. The van der Waals surface area contributed by atoms with Crippen LogP contribution in [0.5, 0.6) is 0 Å². The van der Waals surface area contributed by atoms with Gasteiger partial charge in [0.2, 0.25) is 5.91 Å². The fraction of sp³-hybridized carbons (Fsp3) is 0.583. The van der Waals surface area contributed by atoms with Gasteiger partial charge in [0.05, 0.1) is 13.2 Å². The monoisotopic (exact) mass is 283 g/mol. The molecule has 1 aliphatic heterocycles. The number of nitrogens with zero attached hydrogens (tertiary/aromatic N) is 2. The van der Waals surface area contributed by atoms with E-state index in [-0.39, 0.29) is 11.8 Å². The maximum Gasteiger partial charge on any atom is 0.280 e. The molecule has 19 heavy (non-hydrogen) atoms. The number of morpholine rings is 1. The van der Waals surface area contributed by atoms with E-state index in [0.29, 0.717) is 44.3 Å². The molecule has 1 aromatic rings.